The number of fused-ring (bicyclic) bond motifs is 2. The van der Waals surface area contributed by atoms with Crippen molar-refractivity contribution in [1.82, 2.24) is 25.1 Å². The predicted molar refractivity (Wildman–Crippen MR) is 109 cm³/mol. The summed E-state index contributed by atoms with van der Waals surface area (Å²) in [6.45, 7) is 4.07. The zero-order chi connectivity index (χ0) is 19.6. The van der Waals surface area contributed by atoms with Crippen molar-refractivity contribution >= 4 is 22.0 Å². The Kier molecular flexibility index (Phi) is 4.97. The lowest BCUT2D eigenvalue weighted by atomic mass is 9.91. The highest BCUT2D eigenvalue weighted by atomic mass is 19.1. The first kappa shape index (κ1) is 18.2. The van der Waals surface area contributed by atoms with Crippen molar-refractivity contribution in [3.63, 3.8) is 0 Å². The minimum absolute atomic E-state index is 0.284. The third-order valence-corrected chi connectivity index (χ3v) is 5.85. The van der Waals surface area contributed by atoms with Crippen LogP contribution < -0.4 is 0 Å². The SMILES string of the molecule is Fc1ccc2c(C3CCN(CCCCn4nc5ccccc5n4)CC3)noc2c1. The van der Waals surface area contributed by atoms with Crippen LogP contribution in [0, 0.1) is 5.82 Å². The largest absolute Gasteiger partial charge is 0.356 e. The third-order valence-electron chi connectivity index (χ3n) is 5.85. The molecule has 0 unspecified atom stereocenters. The van der Waals surface area contributed by atoms with Crippen molar-refractivity contribution in [3.8, 4) is 0 Å². The van der Waals surface area contributed by atoms with E-state index in [1.807, 2.05) is 29.1 Å². The second-order valence-corrected chi connectivity index (χ2v) is 7.82. The molecule has 150 valence electrons. The number of piperidine rings is 1. The Morgan fingerprint density at radius 2 is 1.69 bits per heavy atom. The van der Waals surface area contributed by atoms with Crippen molar-refractivity contribution in [3.05, 3.63) is 54.0 Å². The number of unbranched alkanes of at least 4 members (excludes halogenated alkanes) is 1. The van der Waals surface area contributed by atoms with E-state index in [0.29, 0.717) is 11.5 Å². The monoisotopic (exact) mass is 393 g/mol. The highest BCUT2D eigenvalue weighted by Gasteiger charge is 2.24. The molecule has 6 nitrogen and oxygen atoms in total. The van der Waals surface area contributed by atoms with Gasteiger partial charge in [0.15, 0.2) is 5.58 Å². The van der Waals surface area contributed by atoms with Gasteiger partial charge < -0.3 is 9.42 Å². The molecule has 0 bridgehead atoms. The molecule has 0 saturated carbocycles. The van der Waals surface area contributed by atoms with Crippen LogP contribution in [-0.4, -0.2) is 44.7 Å². The van der Waals surface area contributed by atoms with Crippen LogP contribution in [0.25, 0.3) is 22.0 Å². The maximum Gasteiger partial charge on any atom is 0.170 e. The van der Waals surface area contributed by atoms with Gasteiger partial charge in [0.05, 0.1) is 12.2 Å². The number of aryl methyl sites for hydroxylation is 1. The topological polar surface area (TPSA) is 60.0 Å². The molecule has 0 atom stereocenters. The smallest absolute Gasteiger partial charge is 0.170 e. The molecule has 1 fully saturated rings. The molecule has 0 N–H and O–H groups in total. The van der Waals surface area contributed by atoms with E-state index in [1.54, 1.807) is 6.07 Å². The Morgan fingerprint density at radius 3 is 2.45 bits per heavy atom. The van der Waals surface area contributed by atoms with Gasteiger partial charge in [-0.2, -0.15) is 15.0 Å². The lowest BCUT2D eigenvalue weighted by Gasteiger charge is -2.31. The van der Waals surface area contributed by atoms with Crippen LogP contribution in [0.15, 0.2) is 47.0 Å². The van der Waals surface area contributed by atoms with E-state index in [0.717, 1.165) is 74.0 Å². The average molecular weight is 393 g/mol. The van der Waals surface area contributed by atoms with E-state index >= 15 is 0 Å². The zero-order valence-corrected chi connectivity index (χ0v) is 16.3. The molecule has 1 aliphatic rings. The fraction of sp³-hybridized carbons (Fsp3) is 0.409. The normalized spacial score (nSPS) is 16.2. The van der Waals surface area contributed by atoms with Crippen LogP contribution in [-0.2, 0) is 6.54 Å². The molecule has 2 aromatic carbocycles. The summed E-state index contributed by atoms with van der Waals surface area (Å²) in [5, 5.41) is 14.2. The number of nitrogens with zero attached hydrogens (tertiary/aromatic N) is 5. The second-order valence-electron chi connectivity index (χ2n) is 7.82. The van der Waals surface area contributed by atoms with E-state index < -0.39 is 0 Å². The molecule has 7 heteroatoms. The molecular formula is C22H24FN5O. The summed E-state index contributed by atoms with van der Waals surface area (Å²) < 4.78 is 18.7. The Morgan fingerprint density at radius 1 is 0.966 bits per heavy atom. The molecule has 0 aliphatic carbocycles. The van der Waals surface area contributed by atoms with Gasteiger partial charge in [-0.15, -0.1) is 0 Å². The summed E-state index contributed by atoms with van der Waals surface area (Å²) >= 11 is 0. The number of hydrogen-bond acceptors (Lipinski definition) is 5. The van der Waals surface area contributed by atoms with Gasteiger partial charge in [0, 0.05) is 17.4 Å². The highest BCUT2D eigenvalue weighted by molar-refractivity contribution is 5.79. The van der Waals surface area contributed by atoms with Crippen molar-refractivity contribution in [2.24, 2.45) is 0 Å². The number of halogens is 1. The zero-order valence-electron chi connectivity index (χ0n) is 16.3. The van der Waals surface area contributed by atoms with Crippen LogP contribution >= 0.6 is 0 Å². The van der Waals surface area contributed by atoms with E-state index in [2.05, 4.69) is 20.3 Å². The van der Waals surface area contributed by atoms with Gasteiger partial charge >= 0.3 is 0 Å². The fourth-order valence-electron chi connectivity index (χ4n) is 4.25. The van der Waals surface area contributed by atoms with Gasteiger partial charge in [-0.1, -0.05) is 17.3 Å². The number of benzene rings is 2. The molecule has 1 saturated heterocycles. The first-order valence-electron chi connectivity index (χ1n) is 10.3. The Labute approximate surface area is 168 Å². The number of likely N-dealkylation sites (tertiary alicyclic amines) is 1. The predicted octanol–water partition coefficient (Wildman–Crippen LogP) is 4.37. The van der Waals surface area contributed by atoms with E-state index in [-0.39, 0.29) is 5.82 Å². The first-order chi connectivity index (χ1) is 14.3. The van der Waals surface area contributed by atoms with Crippen LogP contribution in [0.5, 0.6) is 0 Å². The quantitative estimate of drug-likeness (QED) is 0.455. The van der Waals surface area contributed by atoms with Crippen LogP contribution in [0.3, 0.4) is 0 Å². The maximum absolute atomic E-state index is 13.3. The van der Waals surface area contributed by atoms with Crippen molar-refractivity contribution < 1.29 is 8.91 Å². The van der Waals surface area contributed by atoms with Gasteiger partial charge in [0.25, 0.3) is 0 Å². The summed E-state index contributed by atoms with van der Waals surface area (Å²) in [6, 6.07) is 12.7. The molecule has 2 aromatic heterocycles. The molecule has 0 radical (unpaired) electrons. The summed E-state index contributed by atoms with van der Waals surface area (Å²) in [5.74, 6) is 0.104. The minimum Gasteiger partial charge on any atom is -0.356 e. The molecule has 3 heterocycles. The Hall–Kier alpha value is -2.80. The van der Waals surface area contributed by atoms with Crippen LogP contribution in [0.2, 0.25) is 0 Å². The van der Waals surface area contributed by atoms with E-state index in [1.165, 1.54) is 12.1 Å². The van der Waals surface area contributed by atoms with Crippen LogP contribution in [0.1, 0.15) is 37.3 Å². The average Bonchev–Trinajstić information content (AvgIpc) is 3.35. The van der Waals surface area contributed by atoms with Gasteiger partial charge in [-0.25, -0.2) is 4.39 Å². The maximum atomic E-state index is 13.3. The van der Waals surface area contributed by atoms with Gasteiger partial charge in [0.1, 0.15) is 16.9 Å². The molecule has 29 heavy (non-hydrogen) atoms. The van der Waals surface area contributed by atoms with E-state index in [4.69, 9.17) is 4.52 Å². The second kappa shape index (κ2) is 7.91. The third kappa shape index (κ3) is 3.87. The molecule has 5 rings (SSSR count). The molecule has 0 spiro atoms. The summed E-state index contributed by atoms with van der Waals surface area (Å²) in [5.41, 5.74) is 3.44. The standard InChI is InChI=1S/C22H24FN5O/c23-17-7-8-18-21(15-17)29-26-22(18)16-9-13-27(14-10-16)11-3-4-12-28-24-19-5-1-2-6-20(19)25-28/h1-2,5-8,15-16H,3-4,9-14H2. The minimum atomic E-state index is -0.284. The number of hydrogen-bond donors (Lipinski definition) is 0. The van der Waals surface area contributed by atoms with Crippen molar-refractivity contribution in [2.75, 3.05) is 19.6 Å². The van der Waals surface area contributed by atoms with Crippen molar-refractivity contribution in [2.45, 2.75) is 38.1 Å². The van der Waals surface area contributed by atoms with E-state index in [9.17, 15) is 4.39 Å². The molecule has 0 amide bonds. The Bertz CT molecular complexity index is 1080. The Balaban J connectivity index is 1.09. The van der Waals surface area contributed by atoms with Gasteiger partial charge in [0.2, 0.25) is 0 Å². The fourth-order valence-corrected chi connectivity index (χ4v) is 4.25. The van der Waals surface area contributed by atoms with Gasteiger partial charge in [-0.05, 0) is 69.6 Å². The number of rotatable bonds is 6. The molecular weight excluding hydrogens is 369 g/mol. The lowest BCUT2D eigenvalue weighted by molar-refractivity contribution is 0.204. The summed E-state index contributed by atoms with van der Waals surface area (Å²) in [6.07, 6.45) is 4.32. The molecule has 1 aliphatic heterocycles. The molecule has 4 aromatic rings. The van der Waals surface area contributed by atoms with Crippen molar-refractivity contribution in [1.29, 1.82) is 0 Å². The summed E-state index contributed by atoms with van der Waals surface area (Å²) in [7, 11) is 0. The number of aromatic nitrogens is 4. The highest BCUT2D eigenvalue weighted by Crippen LogP contribution is 2.32. The van der Waals surface area contributed by atoms with Crippen LogP contribution in [0.4, 0.5) is 4.39 Å². The lowest BCUT2D eigenvalue weighted by Crippen LogP contribution is -2.33. The first-order valence-corrected chi connectivity index (χ1v) is 10.3. The van der Waals surface area contributed by atoms with Gasteiger partial charge in [-0.3, -0.25) is 0 Å². The summed E-state index contributed by atoms with van der Waals surface area (Å²) in [4.78, 5) is 4.33.